The molecule has 7 heteroatoms. The summed E-state index contributed by atoms with van der Waals surface area (Å²) in [5.74, 6) is -0.723. The van der Waals surface area contributed by atoms with Gasteiger partial charge in [-0.2, -0.15) is 0 Å². The number of anilines is 1. The molecular formula is C16H16BrN3O3. The molecule has 2 amide bonds. The third-order valence-corrected chi connectivity index (χ3v) is 3.44. The Balaban J connectivity index is 2.04. The number of rotatable bonds is 6. The van der Waals surface area contributed by atoms with Crippen LogP contribution in [0.15, 0.2) is 46.9 Å². The number of methoxy groups -OCH3 is 1. The molecule has 23 heavy (non-hydrogen) atoms. The van der Waals surface area contributed by atoms with Crippen molar-refractivity contribution in [1.29, 1.82) is 0 Å². The summed E-state index contributed by atoms with van der Waals surface area (Å²) in [5.41, 5.74) is 1.01. The molecule has 0 unspecified atom stereocenters. The molecular weight excluding hydrogens is 362 g/mol. The van der Waals surface area contributed by atoms with Crippen LogP contribution >= 0.6 is 15.9 Å². The van der Waals surface area contributed by atoms with Crippen molar-refractivity contribution in [3.8, 4) is 0 Å². The van der Waals surface area contributed by atoms with Gasteiger partial charge in [-0.3, -0.25) is 9.59 Å². The number of benzene rings is 1. The molecule has 0 spiro atoms. The van der Waals surface area contributed by atoms with E-state index in [4.69, 9.17) is 4.74 Å². The predicted molar refractivity (Wildman–Crippen MR) is 90.5 cm³/mol. The molecule has 0 saturated heterocycles. The van der Waals surface area contributed by atoms with Crippen LogP contribution in [0.25, 0.3) is 0 Å². The van der Waals surface area contributed by atoms with E-state index < -0.39 is 0 Å². The Hall–Kier alpha value is -2.25. The molecule has 0 saturated carbocycles. The Morgan fingerprint density at radius 2 is 1.74 bits per heavy atom. The van der Waals surface area contributed by atoms with Crippen molar-refractivity contribution in [2.24, 2.45) is 0 Å². The first kappa shape index (κ1) is 17.1. The molecule has 1 aromatic carbocycles. The number of halogens is 1. The van der Waals surface area contributed by atoms with Crippen LogP contribution in [0.1, 0.15) is 21.0 Å². The Kier molecular flexibility index (Phi) is 6.25. The maximum absolute atomic E-state index is 12.2. The Morgan fingerprint density at radius 3 is 2.39 bits per heavy atom. The Morgan fingerprint density at radius 1 is 1.09 bits per heavy atom. The molecule has 2 rings (SSSR count). The van der Waals surface area contributed by atoms with Crippen LogP contribution in [0.4, 0.5) is 5.69 Å². The van der Waals surface area contributed by atoms with Gasteiger partial charge in [-0.25, -0.2) is 4.98 Å². The number of pyridine rings is 1. The summed E-state index contributed by atoms with van der Waals surface area (Å²) in [7, 11) is 1.55. The third kappa shape index (κ3) is 5.15. The zero-order valence-corrected chi connectivity index (χ0v) is 14.1. The molecule has 120 valence electrons. The second kappa shape index (κ2) is 8.40. The number of amides is 2. The Labute approximate surface area is 142 Å². The number of carbonyl (C=O) groups excluding carboxylic acids is 2. The highest BCUT2D eigenvalue weighted by molar-refractivity contribution is 9.10. The average Bonchev–Trinajstić information content (AvgIpc) is 2.57. The fraction of sp³-hybridized carbons (Fsp3) is 0.188. The zero-order chi connectivity index (χ0) is 16.7. The normalized spacial score (nSPS) is 10.2. The van der Waals surface area contributed by atoms with E-state index in [2.05, 4.69) is 31.5 Å². The molecule has 1 aromatic heterocycles. The molecule has 0 fully saturated rings. The smallest absolute Gasteiger partial charge is 0.274 e. The van der Waals surface area contributed by atoms with Crippen molar-refractivity contribution >= 4 is 33.4 Å². The van der Waals surface area contributed by atoms with Gasteiger partial charge in [0.25, 0.3) is 11.8 Å². The van der Waals surface area contributed by atoms with Crippen molar-refractivity contribution < 1.29 is 14.3 Å². The molecule has 0 aliphatic carbocycles. The maximum atomic E-state index is 12.2. The quantitative estimate of drug-likeness (QED) is 0.757. The number of ether oxygens (including phenoxy) is 1. The van der Waals surface area contributed by atoms with Gasteiger partial charge in [-0.15, -0.1) is 0 Å². The van der Waals surface area contributed by atoms with E-state index in [1.807, 2.05) is 12.1 Å². The maximum Gasteiger partial charge on any atom is 0.274 e. The molecule has 2 N–H and O–H groups in total. The first-order valence-electron chi connectivity index (χ1n) is 6.91. The van der Waals surface area contributed by atoms with Crippen LogP contribution in [0, 0.1) is 0 Å². The van der Waals surface area contributed by atoms with E-state index >= 15 is 0 Å². The predicted octanol–water partition coefficient (Wildman–Crippen LogP) is 2.47. The number of carbonyl (C=O) groups is 2. The molecule has 0 bridgehead atoms. The van der Waals surface area contributed by atoms with Crippen molar-refractivity contribution in [3.63, 3.8) is 0 Å². The van der Waals surface area contributed by atoms with Crippen LogP contribution in [0.5, 0.6) is 0 Å². The molecule has 0 radical (unpaired) electrons. The lowest BCUT2D eigenvalue weighted by molar-refractivity contribution is 0.0932. The second-order valence-electron chi connectivity index (χ2n) is 4.62. The van der Waals surface area contributed by atoms with Crippen molar-refractivity contribution in [3.05, 3.63) is 58.3 Å². The highest BCUT2D eigenvalue weighted by atomic mass is 79.9. The topological polar surface area (TPSA) is 80.3 Å². The first-order valence-corrected chi connectivity index (χ1v) is 7.70. The highest BCUT2D eigenvalue weighted by Gasteiger charge is 2.12. The lowest BCUT2D eigenvalue weighted by Gasteiger charge is -2.07. The molecule has 6 nitrogen and oxygen atoms in total. The zero-order valence-electron chi connectivity index (χ0n) is 12.5. The SMILES string of the molecule is COCCNC(=O)c1cccc(C(=O)Nc2ccc(Br)cc2)n1. The van der Waals surface area contributed by atoms with Gasteiger partial charge < -0.3 is 15.4 Å². The summed E-state index contributed by atoms with van der Waals surface area (Å²) >= 11 is 3.33. The van der Waals surface area contributed by atoms with E-state index in [1.165, 1.54) is 0 Å². The van der Waals surface area contributed by atoms with Crippen LogP contribution in [-0.2, 0) is 4.74 Å². The van der Waals surface area contributed by atoms with Crippen LogP contribution in [0.3, 0.4) is 0 Å². The van der Waals surface area contributed by atoms with Gasteiger partial charge in [0.1, 0.15) is 11.4 Å². The van der Waals surface area contributed by atoms with Gasteiger partial charge in [0.15, 0.2) is 0 Å². The van der Waals surface area contributed by atoms with E-state index in [-0.39, 0.29) is 23.2 Å². The average molecular weight is 378 g/mol. The molecule has 2 aromatic rings. The summed E-state index contributed by atoms with van der Waals surface area (Å²) in [5, 5.41) is 5.39. The van der Waals surface area contributed by atoms with E-state index in [1.54, 1.807) is 37.4 Å². The second-order valence-corrected chi connectivity index (χ2v) is 5.53. The van der Waals surface area contributed by atoms with Gasteiger partial charge in [0.2, 0.25) is 0 Å². The lowest BCUT2D eigenvalue weighted by Crippen LogP contribution is -2.28. The Bertz CT molecular complexity index is 689. The molecule has 0 aliphatic rings. The number of hydrogen-bond acceptors (Lipinski definition) is 4. The van der Waals surface area contributed by atoms with Gasteiger partial charge in [0.05, 0.1) is 6.61 Å². The number of nitrogens with zero attached hydrogens (tertiary/aromatic N) is 1. The summed E-state index contributed by atoms with van der Waals surface area (Å²) in [6.45, 7) is 0.793. The minimum Gasteiger partial charge on any atom is -0.383 e. The number of aromatic nitrogens is 1. The largest absolute Gasteiger partial charge is 0.383 e. The number of nitrogens with one attached hydrogen (secondary N) is 2. The number of hydrogen-bond donors (Lipinski definition) is 2. The molecule has 0 aliphatic heterocycles. The minimum atomic E-state index is -0.376. The highest BCUT2D eigenvalue weighted by Crippen LogP contribution is 2.14. The van der Waals surface area contributed by atoms with Gasteiger partial charge in [0, 0.05) is 23.8 Å². The van der Waals surface area contributed by atoms with Gasteiger partial charge in [-0.1, -0.05) is 22.0 Å². The van der Waals surface area contributed by atoms with Crippen molar-refractivity contribution in [2.45, 2.75) is 0 Å². The van der Waals surface area contributed by atoms with Crippen molar-refractivity contribution in [1.82, 2.24) is 10.3 Å². The standard InChI is InChI=1S/C16H16BrN3O3/c1-23-10-9-18-15(21)13-3-2-4-14(20-13)16(22)19-12-7-5-11(17)6-8-12/h2-8H,9-10H2,1H3,(H,18,21)(H,19,22). The summed E-state index contributed by atoms with van der Waals surface area (Å²) in [6, 6.07) is 11.9. The van der Waals surface area contributed by atoms with Crippen LogP contribution in [0.2, 0.25) is 0 Å². The summed E-state index contributed by atoms with van der Waals surface area (Å²) < 4.78 is 5.78. The summed E-state index contributed by atoms with van der Waals surface area (Å²) in [6.07, 6.45) is 0. The van der Waals surface area contributed by atoms with E-state index in [0.717, 1.165) is 4.47 Å². The monoisotopic (exact) mass is 377 g/mol. The molecule has 1 heterocycles. The van der Waals surface area contributed by atoms with E-state index in [9.17, 15) is 9.59 Å². The first-order chi connectivity index (χ1) is 11.1. The minimum absolute atomic E-state index is 0.173. The summed E-state index contributed by atoms with van der Waals surface area (Å²) in [4.78, 5) is 28.2. The van der Waals surface area contributed by atoms with Gasteiger partial charge >= 0.3 is 0 Å². The van der Waals surface area contributed by atoms with Crippen LogP contribution in [-0.4, -0.2) is 37.1 Å². The third-order valence-electron chi connectivity index (χ3n) is 2.91. The van der Waals surface area contributed by atoms with E-state index in [0.29, 0.717) is 18.8 Å². The fourth-order valence-corrected chi connectivity index (χ4v) is 2.04. The fourth-order valence-electron chi connectivity index (χ4n) is 1.77. The van der Waals surface area contributed by atoms with Crippen LogP contribution < -0.4 is 10.6 Å². The lowest BCUT2D eigenvalue weighted by atomic mass is 10.2. The molecule has 0 atom stereocenters. The van der Waals surface area contributed by atoms with Crippen molar-refractivity contribution in [2.75, 3.05) is 25.6 Å². The van der Waals surface area contributed by atoms with Gasteiger partial charge in [-0.05, 0) is 36.4 Å².